The van der Waals surface area contributed by atoms with Crippen molar-refractivity contribution in [1.82, 2.24) is 4.90 Å². The molecule has 17 heavy (non-hydrogen) atoms. The van der Waals surface area contributed by atoms with Crippen LogP contribution in [-0.2, 0) is 0 Å². The van der Waals surface area contributed by atoms with E-state index in [0.717, 1.165) is 4.90 Å². The molecule has 0 bridgehead atoms. The van der Waals surface area contributed by atoms with Gasteiger partial charge in [0.25, 0.3) is 5.92 Å². The number of halogens is 2. The van der Waals surface area contributed by atoms with E-state index in [0.29, 0.717) is 5.56 Å². The van der Waals surface area contributed by atoms with Gasteiger partial charge in [0, 0.05) is 19.4 Å². The van der Waals surface area contributed by atoms with Gasteiger partial charge >= 0.3 is 6.09 Å². The summed E-state index contributed by atoms with van der Waals surface area (Å²) in [5.41, 5.74) is 0.620. The molecule has 92 valence electrons. The van der Waals surface area contributed by atoms with E-state index in [1.54, 1.807) is 30.3 Å². The van der Waals surface area contributed by atoms with Crippen LogP contribution in [0.1, 0.15) is 24.4 Å². The zero-order valence-electron chi connectivity index (χ0n) is 9.14. The first kappa shape index (κ1) is 11.8. The number of rotatable bonds is 1. The second-order valence-electron chi connectivity index (χ2n) is 4.21. The maximum Gasteiger partial charge on any atom is 0.407 e. The number of hydrogen-bond donors (Lipinski definition) is 1. The minimum absolute atomic E-state index is 0.123. The number of piperidine rings is 1. The zero-order chi connectivity index (χ0) is 12.5. The van der Waals surface area contributed by atoms with Crippen LogP contribution in [0.2, 0.25) is 0 Å². The van der Waals surface area contributed by atoms with Gasteiger partial charge in [0.2, 0.25) is 0 Å². The van der Waals surface area contributed by atoms with Gasteiger partial charge in [-0.25, -0.2) is 13.6 Å². The smallest absolute Gasteiger partial charge is 0.407 e. The average molecular weight is 241 g/mol. The quantitative estimate of drug-likeness (QED) is 0.820. The van der Waals surface area contributed by atoms with Crippen LogP contribution in [0, 0.1) is 0 Å². The number of likely N-dealkylation sites (tertiary alicyclic amines) is 1. The molecule has 0 spiro atoms. The molecule has 0 radical (unpaired) electrons. The molecule has 1 aromatic rings. The Balaban J connectivity index is 2.29. The molecule has 1 aliphatic heterocycles. The fraction of sp³-hybridized carbons (Fsp3) is 0.417. The van der Waals surface area contributed by atoms with Crippen molar-refractivity contribution in [1.29, 1.82) is 0 Å². The lowest BCUT2D eigenvalue weighted by Gasteiger charge is -2.37. The molecule has 1 atom stereocenters. The van der Waals surface area contributed by atoms with Gasteiger partial charge in [0.1, 0.15) is 0 Å². The van der Waals surface area contributed by atoms with Crippen LogP contribution in [0.5, 0.6) is 0 Å². The Bertz CT molecular complexity index is 408. The Hall–Kier alpha value is -1.65. The van der Waals surface area contributed by atoms with Crippen molar-refractivity contribution in [3.63, 3.8) is 0 Å². The number of carboxylic acid groups (broad SMARTS) is 1. The molecule has 0 unspecified atom stereocenters. The highest BCUT2D eigenvalue weighted by atomic mass is 19.3. The summed E-state index contributed by atoms with van der Waals surface area (Å²) in [6, 6.07) is 7.83. The fourth-order valence-electron chi connectivity index (χ4n) is 2.14. The van der Waals surface area contributed by atoms with E-state index in [2.05, 4.69) is 0 Å². The molecule has 1 fully saturated rings. The van der Waals surface area contributed by atoms with Crippen molar-refractivity contribution in [2.24, 2.45) is 0 Å². The predicted molar refractivity (Wildman–Crippen MR) is 58.1 cm³/mol. The number of benzene rings is 1. The van der Waals surface area contributed by atoms with Crippen molar-refractivity contribution in [2.45, 2.75) is 24.8 Å². The summed E-state index contributed by atoms with van der Waals surface area (Å²) in [7, 11) is 0. The van der Waals surface area contributed by atoms with Gasteiger partial charge in [0.05, 0.1) is 6.04 Å². The highest BCUT2D eigenvalue weighted by Crippen LogP contribution is 2.39. The van der Waals surface area contributed by atoms with Gasteiger partial charge in [0.15, 0.2) is 0 Å². The normalized spacial score (nSPS) is 23.4. The summed E-state index contributed by atoms with van der Waals surface area (Å²) in [5, 5.41) is 9.02. The Kier molecular flexibility index (Phi) is 3.00. The average Bonchev–Trinajstić information content (AvgIpc) is 2.28. The van der Waals surface area contributed by atoms with Crippen LogP contribution in [0.4, 0.5) is 13.6 Å². The van der Waals surface area contributed by atoms with Crippen molar-refractivity contribution in [2.75, 3.05) is 6.54 Å². The summed E-state index contributed by atoms with van der Waals surface area (Å²) in [6.45, 7) is -0.123. The van der Waals surface area contributed by atoms with Crippen LogP contribution >= 0.6 is 0 Å². The first-order valence-corrected chi connectivity index (χ1v) is 5.42. The topological polar surface area (TPSA) is 40.5 Å². The van der Waals surface area contributed by atoms with Crippen LogP contribution in [0.25, 0.3) is 0 Å². The molecule has 1 heterocycles. The second-order valence-corrected chi connectivity index (χ2v) is 4.21. The third-order valence-electron chi connectivity index (χ3n) is 3.02. The molecule has 1 saturated heterocycles. The molecular formula is C12H13F2NO2. The minimum atomic E-state index is -2.79. The van der Waals surface area contributed by atoms with Gasteiger partial charge in [-0.15, -0.1) is 0 Å². The summed E-state index contributed by atoms with van der Waals surface area (Å²) < 4.78 is 26.7. The number of hydrogen-bond acceptors (Lipinski definition) is 1. The minimum Gasteiger partial charge on any atom is -0.465 e. The zero-order valence-corrected chi connectivity index (χ0v) is 9.14. The lowest BCUT2D eigenvalue weighted by molar-refractivity contribution is -0.0722. The Morgan fingerprint density at radius 3 is 2.59 bits per heavy atom. The Morgan fingerprint density at radius 2 is 2.00 bits per heavy atom. The standard InChI is InChI=1S/C12H13F2NO2/c13-12(14)6-7-15(11(16)17)10(8-12)9-4-2-1-3-5-9/h1-5,10H,6-8H2,(H,16,17)/t10-/m0/s1. The van der Waals surface area contributed by atoms with Crippen LogP contribution in [0.15, 0.2) is 30.3 Å². The van der Waals surface area contributed by atoms with Crippen molar-refractivity contribution in [3.05, 3.63) is 35.9 Å². The lowest BCUT2D eigenvalue weighted by atomic mass is 9.93. The van der Waals surface area contributed by atoms with Gasteiger partial charge in [-0.3, -0.25) is 0 Å². The fourth-order valence-corrected chi connectivity index (χ4v) is 2.14. The first-order chi connectivity index (χ1) is 7.99. The third-order valence-corrected chi connectivity index (χ3v) is 3.02. The summed E-state index contributed by atoms with van der Waals surface area (Å²) in [6.07, 6.45) is -1.99. The Morgan fingerprint density at radius 1 is 1.35 bits per heavy atom. The molecule has 0 saturated carbocycles. The number of alkyl halides is 2. The molecule has 5 heteroatoms. The van der Waals surface area contributed by atoms with E-state index in [4.69, 9.17) is 5.11 Å². The monoisotopic (exact) mass is 241 g/mol. The van der Waals surface area contributed by atoms with E-state index in [9.17, 15) is 13.6 Å². The molecule has 1 amide bonds. The van der Waals surface area contributed by atoms with E-state index in [-0.39, 0.29) is 6.54 Å². The first-order valence-electron chi connectivity index (χ1n) is 5.42. The predicted octanol–water partition coefficient (Wildman–Crippen LogP) is 3.14. The van der Waals surface area contributed by atoms with Crippen molar-refractivity contribution in [3.8, 4) is 0 Å². The molecule has 1 N–H and O–H groups in total. The molecule has 2 rings (SSSR count). The number of carbonyl (C=O) groups is 1. The molecule has 3 nitrogen and oxygen atoms in total. The van der Waals surface area contributed by atoms with Crippen LogP contribution < -0.4 is 0 Å². The lowest BCUT2D eigenvalue weighted by Crippen LogP contribution is -2.44. The molecular weight excluding hydrogens is 228 g/mol. The van der Waals surface area contributed by atoms with Crippen molar-refractivity contribution >= 4 is 6.09 Å². The largest absolute Gasteiger partial charge is 0.465 e. The molecule has 1 aromatic carbocycles. The van der Waals surface area contributed by atoms with E-state index < -0.39 is 30.9 Å². The van der Waals surface area contributed by atoms with Crippen molar-refractivity contribution < 1.29 is 18.7 Å². The van der Waals surface area contributed by atoms with E-state index >= 15 is 0 Å². The SMILES string of the molecule is O=C(O)N1CCC(F)(F)C[C@H]1c1ccccc1. The second kappa shape index (κ2) is 4.31. The van der Waals surface area contributed by atoms with Gasteiger partial charge in [-0.2, -0.15) is 0 Å². The molecule has 1 aliphatic rings. The number of amides is 1. The molecule has 0 aromatic heterocycles. The highest BCUT2D eigenvalue weighted by molar-refractivity contribution is 5.66. The molecule has 0 aliphatic carbocycles. The third kappa shape index (κ3) is 2.54. The van der Waals surface area contributed by atoms with Crippen LogP contribution in [-0.4, -0.2) is 28.6 Å². The maximum atomic E-state index is 13.4. The Labute approximate surface area is 97.7 Å². The summed E-state index contributed by atoms with van der Waals surface area (Å²) >= 11 is 0. The van der Waals surface area contributed by atoms with Crippen LogP contribution in [0.3, 0.4) is 0 Å². The van der Waals surface area contributed by atoms with E-state index in [1.165, 1.54) is 0 Å². The summed E-state index contributed by atoms with van der Waals surface area (Å²) in [5.74, 6) is -2.79. The van der Waals surface area contributed by atoms with Gasteiger partial charge < -0.3 is 10.0 Å². The summed E-state index contributed by atoms with van der Waals surface area (Å²) in [4.78, 5) is 12.1. The van der Waals surface area contributed by atoms with Gasteiger partial charge in [-0.1, -0.05) is 30.3 Å². The number of nitrogens with zero attached hydrogens (tertiary/aromatic N) is 1. The van der Waals surface area contributed by atoms with Gasteiger partial charge in [-0.05, 0) is 5.56 Å². The highest BCUT2D eigenvalue weighted by Gasteiger charge is 2.42. The van der Waals surface area contributed by atoms with E-state index in [1.807, 2.05) is 0 Å². The maximum absolute atomic E-state index is 13.4.